The van der Waals surface area contributed by atoms with Crippen LogP contribution in [0.3, 0.4) is 0 Å². The van der Waals surface area contributed by atoms with Crippen molar-refractivity contribution in [1.29, 1.82) is 0 Å². The fourth-order valence-corrected chi connectivity index (χ4v) is 3.77. The minimum absolute atomic E-state index is 0.0307. The number of nitrogens with one attached hydrogen (secondary N) is 1. The molecular weight excluding hydrogens is 406 g/mol. The number of carbonyl (C=O) groups is 3. The Morgan fingerprint density at radius 2 is 1.59 bits per heavy atom. The zero-order chi connectivity index (χ0) is 23.1. The summed E-state index contributed by atoms with van der Waals surface area (Å²) in [4.78, 5) is 41.9. The van der Waals surface area contributed by atoms with Gasteiger partial charge in [0.05, 0.1) is 13.5 Å². The van der Waals surface area contributed by atoms with E-state index in [1.807, 2.05) is 44.2 Å². The SMILES string of the molecule is COc1cccc(CC(=O)N2CCN(C(=O)C(NC(=O)c3ccccc3)C(C)C)CC2)c1. The van der Waals surface area contributed by atoms with Gasteiger partial charge < -0.3 is 19.9 Å². The molecule has 1 aliphatic rings. The van der Waals surface area contributed by atoms with Crippen LogP contribution in [0.5, 0.6) is 5.75 Å². The van der Waals surface area contributed by atoms with Crippen molar-refractivity contribution in [3.63, 3.8) is 0 Å². The number of hydrogen-bond acceptors (Lipinski definition) is 4. The van der Waals surface area contributed by atoms with Crippen molar-refractivity contribution in [2.24, 2.45) is 5.92 Å². The Labute approximate surface area is 189 Å². The van der Waals surface area contributed by atoms with Crippen LogP contribution in [-0.4, -0.2) is 66.9 Å². The van der Waals surface area contributed by atoms with E-state index in [1.165, 1.54) is 0 Å². The van der Waals surface area contributed by atoms with Crippen molar-refractivity contribution >= 4 is 17.7 Å². The highest BCUT2D eigenvalue weighted by Gasteiger charge is 2.31. The lowest BCUT2D eigenvalue weighted by atomic mass is 10.0. The summed E-state index contributed by atoms with van der Waals surface area (Å²) in [5, 5.41) is 2.88. The summed E-state index contributed by atoms with van der Waals surface area (Å²) in [6.45, 7) is 5.70. The molecule has 1 heterocycles. The molecule has 1 saturated heterocycles. The molecule has 7 nitrogen and oxygen atoms in total. The minimum Gasteiger partial charge on any atom is -0.497 e. The largest absolute Gasteiger partial charge is 0.497 e. The smallest absolute Gasteiger partial charge is 0.251 e. The number of piperazine rings is 1. The first-order valence-corrected chi connectivity index (χ1v) is 10.9. The maximum atomic E-state index is 13.1. The molecule has 3 amide bonds. The van der Waals surface area contributed by atoms with Crippen molar-refractivity contribution in [2.75, 3.05) is 33.3 Å². The second-order valence-corrected chi connectivity index (χ2v) is 8.30. The third-order valence-electron chi connectivity index (χ3n) is 5.69. The summed E-state index contributed by atoms with van der Waals surface area (Å²) >= 11 is 0. The summed E-state index contributed by atoms with van der Waals surface area (Å²) in [6, 6.07) is 15.8. The molecule has 0 aromatic heterocycles. The fraction of sp³-hybridized carbons (Fsp3) is 0.400. The number of carbonyl (C=O) groups excluding carboxylic acids is 3. The van der Waals surface area contributed by atoms with Crippen LogP contribution < -0.4 is 10.1 Å². The molecule has 1 fully saturated rings. The highest BCUT2D eigenvalue weighted by Crippen LogP contribution is 2.15. The molecule has 2 aromatic carbocycles. The van der Waals surface area contributed by atoms with Gasteiger partial charge in [0.2, 0.25) is 11.8 Å². The van der Waals surface area contributed by atoms with E-state index >= 15 is 0 Å². The quantitative estimate of drug-likeness (QED) is 0.721. The molecule has 1 aliphatic heterocycles. The van der Waals surface area contributed by atoms with E-state index in [0.29, 0.717) is 38.2 Å². The van der Waals surface area contributed by atoms with E-state index in [2.05, 4.69) is 5.32 Å². The predicted octanol–water partition coefficient (Wildman–Crippen LogP) is 2.36. The molecule has 0 bridgehead atoms. The number of amides is 3. The molecule has 3 rings (SSSR count). The van der Waals surface area contributed by atoms with E-state index in [9.17, 15) is 14.4 Å². The topological polar surface area (TPSA) is 79.0 Å². The molecule has 7 heteroatoms. The number of ether oxygens (including phenoxy) is 1. The van der Waals surface area contributed by atoms with Gasteiger partial charge in [0.15, 0.2) is 0 Å². The van der Waals surface area contributed by atoms with Crippen molar-refractivity contribution in [3.8, 4) is 5.75 Å². The predicted molar refractivity (Wildman–Crippen MR) is 122 cm³/mol. The van der Waals surface area contributed by atoms with E-state index in [1.54, 1.807) is 41.2 Å². The number of benzene rings is 2. The molecule has 1 unspecified atom stereocenters. The number of hydrogen-bond donors (Lipinski definition) is 1. The summed E-state index contributed by atoms with van der Waals surface area (Å²) in [5.41, 5.74) is 1.43. The third-order valence-corrected chi connectivity index (χ3v) is 5.69. The Bertz CT molecular complexity index is 937. The van der Waals surface area contributed by atoms with Crippen LogP contribution in [0.15, 0.2) is 54.6 Å². The van der Waals surface area contributed by atoms with E-state index in [4.69, 9.17) is 4.74 Å². The molecular formula is C25H31N3O4. The fourth-order valence-electron chi connectivity index (χ4n) is 3.77. The molecule has 170 valence electrons. The van der Waals surface area contributed by atoms with Gasteiger partial charge in [-0.15, -0.1) is 0 Å². The average molecular weight is 438 g/mol. The molecule has 32 heavy (non-hydrogen) atoms. The van der Waals surface area contributed by atoms with Crippen molar-refractivity contribution in [3.05, 3.63) is 65.7 Å². The summed E-state index contributed by atoms with van der Waals surface area (Å²) in [6.07, 6.45) is 0.299. The zero-order valence-electron chi connectivity index (χ0n) is 18.9. The van der Waals surface area contributed by atoms with Crippen LogP contribution in [0.1, 0.15) is 29.8 Å². The maximum absolute atomic E-state index is 13.1. The Morgan fingerprint density at radius 1 is 0.938 bits per heavy atom. The monoisotopic (exact) mass is 437 g/mol. The second kappa shape index (κ2) is 10.8. The molecule has 1 N–H and O–H groups in total. The minimum atomic E-state index is -0.609. The third kappa shape index (κ3) is 5.87. The summed E-state index contributed by atoms with van der Waals surface area (Å²) < 4.78 is 5.22. The van der Waals surface area contributed by atoms with Crippen LogP contribution in [0.25, 0.3) is 0 Å². The zero-order valence-corrected chi connectivity index (χ0v) is 18.9. The Morgan fingerprint density at radius 3 is 2.22 bits per heavy atom. The van der Waals surface area contributed by atoms with E-state index < -0.39 is 6.04 Å². The lowest BCUT2D eigenvalue weighted by Crippen LogP contribution is -2.57. The number of rotatable bonds is 7. The average Bonchev–Trinajstić information content (AvgIpc) is 2.82. The molecule has 0 radical (unpaired) electrons. The Hall–Kier alpha value is -3.35. The van der Waals surface area contributed by atoms with E-state index in [0.717, 1.165) is 11.3 Å². The summed E-state index contributed by atoms with van der Waals surface area (Å²) in [7, 11) is 1.60. The first-order valence-electron chi connectivity index (χ1n) is 10.9. The molecule has 1 atom stereocenters. The number of nitrogens with zero attached hydrogens (tertiary/aromatic N) is 2. The van der Waals surface area contributed by atoms with Crippen molar-refractivity contribution in [1.82, 2.24) is 15.1 Å². The molecule has 2 aromatic rings. The number of methoxy groups -OCH3 is 1. The van der Waals surface area contributed by atoms with Gasteiger partial charge in [0.25, 0.3) is 5.91 Å². The standard InChI is InChI=1S/C25H31N3O4/c1-18(2)23(26-24(30)20-9-5-4-6-10-20)25(31)28-14-12-27(13-15-28)22(29)17-19-8-7-11-21(16-19)32-3/h4-11,16,18,23H,12-15,17H2,1-3H3,(H,26,30). The van der Waals surface area contributed by atoms with Gasteiger partial charge >= 0.3 is 0 Å². The van der Waals surface area contributed by atoms with Gasteiger partial charge in [-0.05, 0) is 35.7 Å². The van der Waals surface area contributed by atoms with E-state index in [-0.39, 0.29) is 23.6 Å². The second-order valence-electron chi connectivity index (χ2n) is 8.30. The van der Waals surface area contributed by atoms with Crippen LogP contribution in [0.4, 0.5) is 0 Å². The van der Waals surface area contributed by atoms with Crippen LogP contribution in [0, 0.1) is 5.92 Å². The van der Waals surface area contributed by atoms with Crippen LogP contribution in [0.2, 0.25) is 0 Å². The first-order chi connectivity index (χ1) is 15.4. The lowest BCUT2D eigenvalue weighted by molar-refractivity contribution is -0.141. The van der Waals surface area contributed by atoms with Gasteiger partial charge in [0.1, 0.15) is 11.8 Å². The van der Waals surface area contributed by atoms with Crippen molar-refractivity contribution < 1.29 is 19.1 Å². The van der Waals surface area contributed by atoms with Gasteiger partial charge in [-0.25, -0.2) is 0 Å². The van der Waals surface area contributed by atoms with Gasteiger partial charge in [-0.1, -0.05) is 44.2 Å². The van der Waals surface area contributed by atoms with Crippen molar-refractivity contribution in [2.45, 2.75) is 26.3 Å². The summed E-state index contributed by atoms with van der Waals surface area (Å²) in [5.74, 6) is 0.336. The molecule has 0 aliphatic carbocycles. The highest BCUT2D eigenvalue weighted by atomic mass is 16.5. The Balaban J connectivity index is 1.55. The lowest BCUT2D eigenvalue weighted by Gasteiger charge is -2.37. The van der Waals surface area contributed by atoms with Gasteiger partial charge in [-0.3, -0.25) is 14.4 Å². The maximum Gasteiger partial charge on any atom is 0.251 e. The first kappa shape index (κ1) is 23.3. The van der Waals surface area contributed by atoms with Crippen LogP contribution in [-0.2, 0) is 16.0 Å². The Kier molecular flexibility index (Phi) is 7.87. The normalized spacial score (nSPS) is 14.8. The highest BCUT2D eigenvalue weighted by molar-refractivity contribution is 5.97. The van der Waals surface area contributed by atoms with Crippen LogP contribution >= 0.6 is 0 Å². The molecule has 0 spiro atoms. The van der Waals surface area contributed by atoms with Gasteiger partial charge in [-0.2, -0.15) is 0 Å². The van der Waals surface area contributed by atoms with Gasteiger partial charge in [0, 0.05) is 31.7 Å². The molecule has 0 saturated carbocycles.